The lowest BCUT2D eigenvalue weighted by molar-refractivity contribution is -0.382. The van der Waals surface area contributed by atoms with E-state index < -0.39 is 0 Å². The van der Waals surface area contributed by atoms with Gasteiger partial charge in [0.05, 0.1) is 15.8 Å². The van der Waals surface area contributed by atoms with Crippen molar-refractivity contribution in [2.24, 2.45) is 11.8 Å². The zero-order valence-corrected chi connectivity index (χ0v) is 12.0. The van der Waals surface area contributed by atoms with E-state index in [1.807, 2.05) is 6.07 Å². The fraction of sp³-hybridized carbons (Fsp3) is 0.400. The Balaban J connectivity index is 2.38. The molecule has 0 aliphatic carbocycles. The number of rotatable bonds is 5. The van der Waals surface area contributed by atoms with Crippen molar-refractivity contribution >= 4 is 22.3 Å². The van der Waals surface area contributed by atoms with E-state index in [1.54, 1.807) is 24.4 Å². The fourth-order valence-corrected chi connectivity index (χ4v) is 1.98. The average Bonchev–Trinajstić information content (AvgIpc) is 2.43. The van der Waals surface area contributed by atoms with Crippen LogP contribution in [0.3, 0.4) is 0 Å². The highest BCUT2D eigenvalue weighted by atomic mass is 16.6. The van der Waals surface area contributed by atoms with E-state index >= 15 is 0 Å². The molecule has 0 fully saturated rings. The molecule has 20 heavy (non-hydrogen) atoms. The number of pyridine rings is 1. The van der Waals surface area contributed by atoms with E-state index in [9.17, 15) is 10.1 Å². The van der Waals surface area contributed by atoms with Gasteiger partial charge in [-0.1, -0.05) is 20.8 Å². The largest absolute Gasteiger partial charge is 0.379 e. The molecular weight excluding hydrogens is 254 g/mol. The van der Waals surface area contributed by atoms with Crippen LogP contribution in [0.1, 0.15) is 20.8 Å². The molecular formula is C15H19N3O2. The molecule has 1 unspecified atom stereocenters. The number of fused-ring (bicyclic) bond motifs is 1. The van der Waals surface area contributed by atoms with Crippen molar-refractivity contribution in [3.05, 3.63) is 40.6 Å². The number of nitrogens with zero attached hydrogens (tertiary/aromatic N) is 2. The van der Waals surface area contributed by atoms with Crippen LogP contribution in [0.2, 0.25) is 0 Å². The number of benzene rings is 1. The lowest BCUT2D eigenvalue weighted by Gasteiger charge is -2.17. The van der Waals surface area contributed by atoms with Crippen LogP contribution in [0.4, 0.5) is 11.4 Å². The van der Waals surface area contributed by atoms with Gasteiger partial charge in [-0.05, 0) is 36.1 Å². The maximum atomic E-state index is 11.4. The zero-order valence-electron chi connectivity index (χ0n) is 12.0. The molecule has 0 radical (unpaired) electrons. The van der Waals surface area contributed by atoms with Gasteiger partial charge in [0.25, 0.3) is 0 Å². The maximum Gasteiger partial charge on any atom is 0.301 e. The molecule has 0 spiro atoms. The van der Waals surface area contributed by atoms with Crippen LogP contribution in [-0.4, -0.2) is 16.5 Å². The summed E-state index contributed by atoms with van der Waals surface area (Å²) in [4.78, 5) is 15.2. The van der Waals surface area contributed by atoms with E-state index in [0.29, 0.717) is 35.0 Å². The number of nitrogens with one attached hydrogen (secondary N) is 1. The molecule has 1 aromatic carbocycles. The van der Waals surface area contributed by atoms with Crippen molar-refractivity contribution in [2.75, 3.05) is 11.9 Å². The monoisotopic (exact) mass is 273 g/mol. The third-order valence-electron chi connectivity index (χ3n) is 3.69. The number of aromatic nitrogens is 1. The van der Waals surface area contributed by atoms with Crippen LogP contribution < -0.4 is 5.32 Å². The van der Waals surface area contributed by atoms with Crippen molar-refractivity contribution in [2.45, 2.75) is 20.8 Å². The van der Waals surface area contributed by atoms with Gasteiger partial charge in [-0.2, -0.15) is 0 Å². The van der Waals surface area contributed by atoms with Gasteiger partial charge in [0, 0.05) is 12.7 Å². The quantitative estimate of drug-likeness (QED) is 0.663. The first-order chi connectivity index (χ1) is 9.50. The fourth-order valence-electron chi connectivity index (χ4n) is 1.98. The number of hydrogen-bond donors (Lipinski definition) is 1. The normalized spacial score (nSPS) is 12.6. The van der Waals surface area contributed by atoms with Gasteiger partial charge >= 0.3 is 5.69 Å². The van der Waals surface area contributed by atoms with Crippen molar-refractivity contribution in [1.29, 1.82) is 0 Å². The molecule has 1 atom stereocenters. The predicted molar refractivity (Wildman–Crippen MR) is 80.9 cm³/mol. The minimum Gasteiger partial charge on any atom is -0.379 e. The first-order valence-corrected chi connectivity index (χ1v) is 6.76. The van der Waals surface area contributed by atoms with E-state index in [4.69, 9.17) is 0 Å². The smallest absolute Gasteiger partial charge is 0.301 e. The average molecular weight is 273 g/mol. The molecule has 5 nitrogen and oxygen atoms in total. The summed E-state index contributed by atoms with van der Waals surface area (Å²) in [7, 11) is 0. The molecule has 5 heteroatoms. The second-order valence-electron chi connectivity index (χ2n) is 5.39. The number of hydrogen-bond acceptors (Lipinski definition) is 4. The summed E-state index contributed by atoms with van der Waals surface area (Å²) in [5, 5.41) is 15.1. The second kappa shape index (κ2) is 5.86. The van der Waals surface area contributed by atoms with Gasteiger partial charge < -0.3 is 5.32 Å². The zero-order chi connectivity index (χ0) is 14.7. The summed E-state index contributed by atoms with van der Waals surface area (Å²) in [6.07, 6.45) is 1.64. The summed E-state index contributed by atoms with van der Waals surface area (Å²) in [5.41, 5.74) is 1.30. The molecule has 0 saturated heterocycles. The number of anilines is 1. The van der Waals surface area contributed by atoms with Crippen LogP contribution in [0, 0.1) is 22.0 Å². The van der Waals surface area contributed by atoms with Crippen LogP contribution in [0.5, 0.6) is 0 Å². The molecule has 0 amide bonds. The molecule has 2 rings (SSSR count). The molecule has 0 saturated carbocycles. The Morgan fingerprint density at radius 2 is 2.05 bits per heavy atom. The number of nitro benzene ring substituents is 1. The summed E-state index contributed by atoms with van der Waals surface area (Å²) >= 11 is 0. The van der Waals surface area contributed by atoms with E-state index in [2.05, 4.69) is 31.1 Å². The topological polar surface area (TPSA) is 68.1 Å². The Kier molecular flexibility index (Phi) is 4.17. The SMILES string of the molecule is CC(C)C(C)CNc1ccc2ncccc2c1[N+](=O)[O-]. The number of nitro groups is 1. The first kappa shape index (κ1) is 14.2. The van der Waals surface area contributed by atoms with Gasteiger partial charge in [-0.15, -0.1) is 0 Å². The van der Waals surface area contributed by atoms with Crippen LogP contribution >= 0.6 is 0 Å². The Morgan fingerprint density at radius 1 is 1.30 bits per heavy atom. The highest BCUT2D eigenvalue weighted by molar-refractivity contribution is 5.94. The molecule has 1 aromatic heterocycles. The Hall–Kier alpha value is -2.17. The van der Waals surface area contributed by atoms with Crippen LogP contribution in [-0.2, 0) is 0 Å². The summed E-state index contributed by atoms with van der Waals surface area (Å²) in [5.74, 6) is 0.975. The summed E-state index contributed by atoms with van der Waals surface area (Å²) < 4.78 is 0. The lowest BCUT2D eigenvalue weighted by atomic mass is 9.98. The molecule has 1 N–H and O–H groups in total. The minimum atomic E-state index is -0.341. The Bertz CT molecular complexity index is 626. The van der Waals surface area contributed by atoms with Crippen molar-refractivity contribution in [3.63, 3.8) is 0 Å². The third kappa shape index (κ3) is 2.87. The van der Waals surface area contributed by atoms with Crippen molar-refractivity contribution < 1.29 is 4.92 Å². The van der Waals surface area contributed by atoms with Gasteiger partial charge in [-0.3, -0.25) is 15.1 Å². The molecule has 0 aliphatic heterocycles. The standard InChI is InChI=1S/C15H19N3O2/c1-10(2)11(3)9-17-14-7-6-13-12(5-4-8-16-13)15(14)18(19)20/h4-8,10-11,17H,9H2,1-3H3. The van der Waals surface area contributed by atoms with Crippen molar-refractivity contribution in [3.8, 4) is 0 Å². The van der Waals surface area contributed by atoms with Gasteiger partial charge in [0.1, 0.15) is 5.69 Å². The van der Waals surface area contributed by atoms with E-state index in [-0.39, 0.29) is 10.6 Å². The van der Waals surface area contributed by atoms with E-state index in [0.717, 1.165) is 0 Å². The predicted octanol–water partition coefficient (Wildman–Crippen LogP) is 3.85. The van der Waals surface area contributed by atoms with Gasteiger partial charge in [0.15, 0.2) is 0 Å². The third-order valence-corrected chi connectivity index (χ3v) is 3.69. The second-order valence-corrected chi connectivity index (χ2v) is 5.39. The molecule has 106 valence electrons. The highest BCUT2D eigenvalue weighted by Gasteiger charge is 2.19. The van der Waals surface area contributed by atoms with Crippen LogP contribution in [0.15, 0.2) is 30.5 Å². The van der Waals surface area contributed by atoms with Gasteiger partial charge in [-0.25, -0.2) is 0 Å². The highest BCUT2D eigenvalue weighted by Crippen LogP contribution is 2.32. The lowest BCUT2D eigenvalue weighted by Crippen LogP contribution is -2.16. The molecule has 1 heterocycles. The molecule has 0 bridgehead atoms. The summed E-state index contributed by atoms with van der Waals surface area (Å²) in [6, 6.07) is 7.00. The van der Waals surface area contributed by atoms with E-state index in [1.165, 1.54) is 0 Å². The first-order valence-electron chi connectivity index (χ1n) is 6.76. The summed E-state index contributed by atoms with van der Waals surface area (Å²) in [6.45, 7) is 7.13. The van der Waals surface area contributed by atoms with Crippen molar-refractivity contribution in [1.82, 2.24) is 4.98 Å². The molecule has 0 aliphatic rings. The van der Waals surface area contributed by atoms with Crippen LogP contribution in [0.25, 0.3) is 10.9 Å². The minimum absolute atomic E-state index is 0.103. The van der Waals surface area contributed by atoms with Gasteiger partial charge in [0.2, 0.25) is 0 Å². The Morgan fingerprint density at radius 3 is 2.70 bits per heavy atom. The Labute approximate surface area is 118 Å². The maximum absolute atomic E-state index is 11.4. The molecule has 2 aromatic rings.